The summed E-state index contributed by atoms with van der Waals surface area (Å²) >= 11 is 0. The normalized spacial score (nSPS) is 24.2. The summed E-state index contributed by atoms with van der Waals surface area (Å²) in [5.41, 5.74) is 0. The molecule has 0 aromatic carbocycles. The van der Waals surface area contributed by atoms with Gasteiger partial charge in [-0.15, -0.1) is 0 Å². The van der Waals surface area contributed by atoms with Crippen LogP contribution in [0.25, 0.3) is 0 Å². The van der Waals surface area contributed by atoms with Gasteiger partial charge in [0.2, 0.25) is 0 Å². The first-order valence-electron chi connectivity index (χ1n) is 7.80. The van der Waals surface area contributed by atoms with E-state index >= 15 is 0 Å². The largest absolute Gasteiger partial charge is 0.389 e. The molecule has 4 nitrogen and oxygen atoms in total. The van der Waals surface area contributed by atoms with Gasteiger partial charge in [-0.05, 0) is 38.6 Å². The highest BCUT2D eigenvalue weighted by molar-refractivity contribution is 4.72. The summed E-state index contributed by atoms with van der Waals surface area (Å²) < 4.78 is 11.1. The van der Waals surface area contributed by atoms with Crippen molar-refractivity contribution in [3.63, 3.8) is 0 Å². The van der Waals surface area contributed by atoms with Crippen molar-refractivity contribution in [3.8, 4) is 0 Å². The molecule has 1 N–H and O–H groups in total. The third kappa shape index (κ3) is 5.78. The van der Waals surface area contributed by atoms with Crippen molar-refractivity contribution in [2.24, 2.45) is 5.92 Å². The molecule has 0 spiro atoms. The first-order valence-corrected chi connectivity index (χ1v) is 7.80. The molecule has 0 bridgehead atoms. The number of rotatable bonds is 7. The molecular formula is C15H29NO3. The Labute approximate surface area is 117 Å². The van der Waals surface area contributed by atoms with Crippen molar-refractivity contribution in [2.75, 3.05) is 40.0 Å². The summed E-state index contributed by atoms with van der Waals surface area (Å²) in [5.74, 6) is 0.841. The van der Waals surface area contributed by atoms with Gasteiger partial charge in [-0.2, -0.15) is 0 Å². The van der Waals surface area contributed by atoms with Crippen molar-refractivity contribution in [1.29, 1.82) is 0 Å². The number of likely N-dealkylation sites (N-methyl/N-ethyl adjacent to an activating group) is 1. The van der Waals surface area contributed by atoms with Gasteiger partial charge in [-0.25, -0.2) is 0 Å². The molecule has 112 valence electrons. The molecule has 1 unspecified atom stereocenters. The molecule has 19 heavy (non-hydrogen) atoms. The number of hydrogen-bond acceptors (Lipinski definition) is 4. The van der Waals surface area contributed by atoms with Crippen molar-refractivity contribution in [1.82, 2.24) is 4.90 Å². The lowest BCUT2D eigenvalue weighted by Gasteiger charge is -2.26. The minimum atomic E-state index is -0.366. The van der Waals surface area contributed by atoms with E-state index in [2.05, 4.69) is 11.9 Å². The van der Waals surface area contributed by atoms with E-state index in [0.29, 0.717) is 6.61 Å². The Hall–Kier alpha value is -0.160. The van der Waals surface area contributed by atoms with E-state index in [4.69, 9.17) is 9.47 Å². The Morgan fingerprint density at radius 1 is 1.21 bits per heavy atom. The first kappa shape index (κ1) is 15.2. The van der Waals surface area contributed by atoms with Gasteiger partial charge in [-0.3, -0.25) is 0 Å². The molecule has 0 aromatic rings. The van der Waals surface area contributed by atoms with Crippen LogP contribution in [0.5, 0.6) is 0 Å². The van der Waals surface area contributed by atoms with E-state index < -0.39 is 0 Å². The fourth-order valence-corrected chi connectivity index (χ4v) is 3.21. The van der Waals surface area contributed by atoms with Crippen LogP contribution in [0.1, 0.15) is 38.5 Å². The zero-order chi connectivity index (χ0) is 13.5. The average Bonchev–Trinajstić information content (AvgIpc) is 2.90. The third-order valence-corrected chi connectivity index (χ3v) is 4.26. The van der Waals surface area contributed by atoms with Crippen molar-refractivity contribution in [2.45, 2.75) is 50.7 Å². The molecule has 1 saturated carbocycles. The van der Waals surface area contributed by atoms with E-state index in [1.807, 2.05) is 0 Å². The number of aliphatic hydroxyl groups is 1. The van der Waals surface area contributed by atoms with E-state index in [-0.39, 0.29) is 12.2 Å². The van der Waals surface area contributed by atoms with Gasteiger partial charge in [0.25, 0.3) is 0 Å². The van der Waals surface area contributed by atoms with Crippen LogP contribution in [0.15, 0.2) is 0 Å². The summed E-state index contributed by atoms with van der Waals surface area (Å²) in [4.78, 5) is 2.26. The molecule has 0 aromatic heterocycles. The number of ether oxygens (including phenoxy) is 2. The van der Waals surface area contributed by atoms with Crippen molar-refractivity contribution >= 4 is 0 Å². The Bertz CT molecular complexity index is 238. The highest BCUT2D eigenvalue weighted by Gasteiger charge is 2.19. The SMILES string of the molecule is CN(CC(O)COC1CCOCC1)CC1CCCC1. The summed E-state index contributed by atoms with van der Waals surface area (Å²) in [5, 5.41) is 10.0. The predicted molar refractivity (Wildman–Crippen MR) is 75.3 cm³/mol. The summed E-state index contributed by atoms with van der Waals surface area (Å²) in [6, 6.07) is 0. The van der Waals surface area contributed by atoms with Crippen LogP contribution in [-0.2, 0) is 9.47 Å². The van der Waals surface area contributed by atoms with E-state index in [1.54, 1.807) is 0 Å². The molecule has 1 saturated heterocycles. The Kier molecular flexibility index (Phi) is 6.57. The lowest BCUT2D eigenvalue weighted by Crippen LogP contribution is -2.36. The summed E-state index contributed by atoms with van der Waals surface area (Å²) in [7, 11) is 2.11. The van der Waals surface area contributed by atoms with E-state index in [1.165, 1.54) is 25.7 Å². The second-order valence-electron chi connectivity index (χ2n) is 6.17. The second-order valence-corrected chi connectivity index (χ2v) is 6.17. The average molecular weight is 271 g/mol. The Balaban J connectivity index is 1.55. The van der Waals surface area contributed by atoms with Crippen LogP contribution in [0.4, 0.5) is 0 Å². The Morgan fingerprint density at radius 2 is 1.89 bits per heavy atom. The fraction of sp³-hybridized carbons (Fsp3) is 1.00. The number of nitrogens with zero attached hydrogens (tertiary/aromatic N) is 1. The standard InChI is InChI=1S/C15H29NO3/c1-16(10-13-4-2-3-5-13)11-14(17)12-19-15-6-8-18-9-7-15/h13-15,17H,2-12H2,1H3. The van der Waals surface area contributed by atoms with Crippen LogP contribution in [-0.4, -0.2) is 62.2 Å². The molecule has 0 radical (unpaired) electrons. The van der Waals surface area contributed by atoms with Crippen LogP contribution in [0.2, 0.25) is 0 Å². The second kappa shape index (κ2) is 8.20. The van der Waals surface area contributed by atoms with E-state index in [0.717, 1.165) is 45.1 Å². The van der Waals surface area contributed by atoms with Crippen LogP contribution < -0.4 is 0 Å². The topological polar surface area (TPSA) is 41.9 Å². The van der Waals surface area contributed by atoms with Gasteiger partial charge in [0, 0.05) is 26.3 Å². The monoisotopic (exact) mass is 271 g/mol. The van der Waals surface area contributed by atoms with Gasteiger partial charge in [0.15, 0.2) is 0 Å². The van der Waals surface area contributed by atoms with Crippen molar-refractivity contribution in [3.05, 3.63) is 0 Å². The molecule has 0 amide bonds. The van der Waals surface area contributed by atoms with Crippen molar-refractivity contribution < 1.29 is 14.6 Å². The molecule has 4 heteroatoms. The Morgan fingerprint density at radius 3 is 2.58 bits per heavy atom. The fourth-order valence-electron chi connectivity index (χ4n) is 3.21. The molecule has 1 atom stereocenters. The third-order valence-electron chi connectivity index (χ3n) is 4.26. The lowest BCUT2D eigenvalue weighted by molar-refractivity contribution is -0.0635. The van der Waals surface area contributed by atoms with Crippen LogP contribution in [0, 0.1) is 5.92 Å². The molecule has 2 aliphatic rings. The smallest absolute Gasteiger partial charge is 0.0900 e. The quantitative estimate of drug-likeness (QED) is 0.765. The van der Waals surface area contributed by atoms with E-state index in [9.17, 15) is 5.11 Å². The first-order chi connectivity index (χ1) is 9.24. The van der Waals surface area contributed by atoms with Crippen LogP contribution >= 0.6 is 0 Å². The van der Waals surface area contributed by atoms with Crippen LogP contribution in [0.3, 0.4) is 0 Å². The van der Waals surface area contributed by atoms with Gasteiger partial charge in [-0.1, -0.05) is 12.8 Å². The van der Waals surface area contributed by atoms with Gasteiger partial charge in [0.1, 0.15) is 0 Å². The molecule has 2 rings (SSSR count). The van der Waals surface area contributed by atoms with Gasteiger partial charge < -0.3 is 19.5 Å². The number of aliphatic hydroxyl groups excluding tert-OH is 1. The summed E-state index contributed by atoms with van der Waals surface area (Å²) in [6.07, 6.45) is 7.33. The molecule has 1 aliphatic carbocycles. The highest BCUT2D eigenvalue weighted by atomic mass is 16.5. The maximum Gasteiger partial charge on any atom is 0.0900 e. The summed E-state index contributed by atoms with van der Waals surface area (Å²) in [6.45, 7) is 3.89. The van der Waals surface area contributed by atoms with Gasteiger partial charge >= 0.3 is 0 Å². The predicted octanol–water partition coefficient (Wildman–Crippen LogP) is 1.66. The highest BCUT2D eigenvalue weighted by Crippen LogP contribution is 2.25. The zero-order valence-corrected chi connectivity index (χ0v) is 12.2. The molecule has 2 fully saturated rings. The minimum Gasteiger partial charge on any atom is -0.389 e. The lowest BCUT2D eigenvalue weighted by atomic mass is 10.1. The maximum atomic E-state index is 10.0. The maximum absolute atomic E-state index is 10.0. The van der Waals surface area contributed by atoms with Gasteiger partial charge in [0.05, 0.1) is 18.8 Å². The minimum absolute atomic E-state index is 0.281. The molecule has 1 heterocycles. The zero-order valence-electron chi connectivity index (χ0n) is 12.2. The molecule has 1 aliphatic heterocycles. The number of hydrogen-bond donors (Lipinski definition) is 1. The molecular weight excluding hydrogens is 242 g/mol.